The van der Waals surface area contributed by atoms with E-state index in [1.54, 1.807) is 24.3 Å². The van der Waals surface area contributed by atoms with Crippen LogP contribution in [0.25, 0.3) is 0 Å². The Morgan fingerprint density at radius 1 is 1.50 bits per heavy atom. The molecule has 1 aromatic carbocycles. The molecule has 0 spiro atoms. The fourth-order valence-corrected chi connectivity index (χ4v) is 1.54. The molecule has 0 fully saturated rings. The van der Waals surface area contributed by atoms with E-state index in [2.05, 4.69) is 5.10 Å². The predicted molar refractivity (Wildman–Crippen MR) is 62.9 cm³/mol. The van der Waals surface area contributed by atoms with Crippen molar-refractivity contribution in [3.63, 3.8) is 0 Å². The maximum absolute atomic E-state index is 11.0. The normalized spacial score (nSPS) is 10.2. The maximum atomic E-state index is 11.0. The van der Waals surface area contributed by atoms with E-state index in [0.29, 0.717) is 12.1 Å². The first-order valence-corrected chi connectivity index (χ1v) is 5.12. The smallest absolute Gasteiger partial charge is 0.307 e. The number of carbonyl (C=O) groups is 1. The van der Waals surface area contributed by atoms with Gasteiger partial charge in [-0.25, -0.2) is 0 Å². The molecule has 18 heavy (non-hydrogen) atoms. The Morgan fingerprint density at radius 2 is 2.28 bits per heavy atom. The van der Waals surface area contributed by atoms with E-state index in [0.717, 1.165) is 5.56 Å². The summed E-state index contributed by atoms with van der Waals surface area (Å²) >= 11 is 0. The molecule has 2 aromatic rings. The minimum atomic E-state index is -0.511. The average molecular weight is 246 g/mol. The molecule has 7 heteroatoms. The zero-order valence-electron chi connectivity index (χ0n) is 9.31. The molecule has 0 aliphatic heterocycles. The van der Waals surface area contributed by atoms with Crippen LogP contribution in [0.4, 0.5) is 5.69 Å². The van der Waals surface area contributed by atoms with Crippen molar-refractivity contribution in [3.8, 4) is 0 Å². The van der Waals surface area contributed by atoms with Gasteiger partial charge in [0.2, 0.25) is 5.91 Å². The van der Waals surface area contributed by atoms with Crippen LogP contribution in [0.3, 0.4) is 0 Å². The van der Waals surface area contributed by atoms with Crippen molar-refractivity contribution in [2.24, 2.45) is 5.73 Å². The molecule has 1 aromatic heterocycles. The lowest BCUT2D eigenvalue weighted by molar-refractivity contribution is -0.385. The average Bonchev–Trinajstić information content (AvgIpc) is 2.78. The van der Waals surface area contributed by atoms with Crippen molar-refractivity contribution in [1.29, 1.82) is 0 Å². The molecule has 0 bridgehead atoms. The van der Waals surface area contributed by atoms with Gasteiger partial charge < -0.3 is 5.73 Å². The largest absolute Gasteiger partial charge is 0.366 e. The van der Waals surface area contributed by atoms with Crippen LogP contribution < -0.4 is 5.73 Å². The molecule has 0 aliphatic carbocycles. The van der Waals surface area contributed by atoms with Gasteiger partial charge in [0, 0.05) is 5.56 Å². The summed E-state index contributed by atoms with van der Waals surface area (Å²) in [6, 6.07) is 6.74. The molecule has 0 saturated carbocycles. The lowest BCUT2D eigenvalue weighted by atomic mass is 10.1. The van der Waals surface area contributed by atoms with Crippen molar-refractivity contribution in [3.05, 3.63) is 57.9 Å². The first kappa shape index (κ1) is 11.8. The van der Waals surface area contributed by atoms with Crippen LogP contribution in [0.1, 0.15) is 15.9 Å². The minimum Gasteiger partial charge on any atom is -0.366 e. The Bertz CT molecular complexity index is 606. The van der Waals surface area contributed by atoms with Crippen LogP contribution in [-0.4, -0.2) is 20.6 Å². The third kappa shape index (κ3) is 2.51. The second-order valence-corrected chi connectivity index (χ2v) is 3.72. The van der Waals surface area contributed by atoms with Gasteiger partial charge in [-0.15, -0.1) is 0 Å². The van der Waals surface area contributed by atoms with Gasteiger partial charge in [0.05, 0.1) is 11.5 Å². The molecule has 0 saturated heterocycles. The van der Waals surface area contributed by atoms with E-state index < -0.39 is 10.8 Å². The summed E-state index contributed by atoms with van der Waals surface area (Å²) in [6.07, 6.45) is 2.51. The lowest BCUT2D eigenvalue weighted by Gasteiger charge is -2.02. The highest BCUT2D eigenvalue weighted by Gasteiger charge is 2.09. The van der Waals surface area contributed by atoms with E-state index >= 15 is 0 Å². The zero-order valence-corrected chi connectivity index (χ0v) is 9.31. The highest BCUT2D eigenvalue weighted by atomic mass is 16.6. The summed E-state index contributed by atoms with van der Waals surface area (Å²) in [5.74, 6) is -0.511. The zero-order chi connectivity index (χ0) is 13.1. The number of amides is 1. The van der Waals surface area contributed by atoms with Gasteiger partial charge in [-0.05, 0) is 17.7 Å². The molecule has 2 N–H and O–H groups in total. The molecule has 92 valence electrons. The highest BCUT2D eigenvalue weighted by Crippen LogP contribution is 2.11. The molecule has 1 amide bonds. The summed E-state index contributed by atoms with van der Waals surface area (Å²) in [5, 5.41) is 14.4. The SMILES string of the molecule is NC(=O)c1cccc(Cn2cc([N+](=O)[O-])cn2)c1. The van der Waals surface area contributed by atoms with Gasteiger partial charge in [0.1, 0.15) is 12.4 Å². The molecule has 0 unspecified atom stereocenters. The first-order chi connectivity index (χ1) is 8.56. The Labute approximate surface area is 102 Å². The summed E-state index contributed by atoms with van der Waals surface area (Å²) in [7, 11) is 0. The molecular weight excluding hydrogens is 236 g/mol. The molecule has 0 aliphatic rings. The van der Waals surface area contributed by atoms with Gasteiger partial charge in [0.15, 0.2) is 0 Å². The van der Waals surface area contributed by atoms with Gasteiger partial charge in [-0.1, -0.05) is 12.1 Å². The number of nitro groups is 1. The molecule has 1 heterocycles. The van der Waals surface area contributed by atoms with Crippen LogP contribution in [0.5, 0.6) is 0 Å². The Kier molecular flexibility index (Phi) is 3.05. The quantitative estimate of drug-likeness (QED) is 0.640. The monoisotopic (exact) mass is 246 g/mol. The second kappa shape index (κ2) is 4.66. The van der Waals surface area contributed by atoms with Crippen molar-refractivity contribution in [1.82, 2.24) is 9.78 Å². The van der Waals surface area contributed by atoms with Crippen molar-refractivity contribution < 1.29 is 9.72 Å². The number of hydrogen-bond acceptors (Lipinski definition) is 4. The summed E-state index contributed by atoms with van der Waals surface area (Å²) in [4.78, 5) is 21.0. The van der Waals surface area contributed by atoms with Crippen molar-refractivity contribution in [2.75, 3.05) is 0 Å². The standard InChI is InChI=1S/C11H10N4O3/c12-11(16)9-3-1-2-8(4-9)6-14-7-10(5-13-14)15(17)18/h1-5,7H,6H2,(H2,12,16). The van der Waals surface area contributed by atoms with Gasteiger partial charge in [0.25, 0.3) is 0 Å². The first-order valence-electron chi connectivity index (χ1n) is 5.12. The Balaban J connectivity index is 2.20. The predicted octanol–water partition coefficient (Wildman–Crippen LogP) is 0.939. The number of benzene rings is 1. The maximum Gasteiger partial charge on any atom is 0.307 e. The number of hydrogen-bond donors (Lipinski definition) is 1. The Hall–Kier alpha value is -2.70. The molecule has 7 nitrogen and oxygen atoms in total. The van der Waals surface area contributed by atoms with Crippen molar-refractivity contribution >= 4 is 11.6 Å². The third-order valence-electron chi connectivity index (χ3n) is 2.39. The van der Waals surface area contributed by atoms with Crippen LogP contribution in [0, 0.1) is 10.1 Å². The third-order valence-corrected chi connectivity index (χ3v) is 2.39. The van der Waals surface area contributed by atoms with E-state index in [4.69, 9.17) is 5.73 Å². The second-order valence-electron chi connectivity index (χ2n) is 3.72. The lowest BCUT2D eigenvalue weighted by Crippen LogP contribution is -2.11. The number of primary amides is 1. The van der Waals surface area contributed by atoms with Crippen LogP contribution in [0.2, 0.25) is 0 Å². The summed E-state index contributed by atoms with van der Waals surface area (Å²) in [6.45, 7) is 0.342. The Morgan fingerprint density at radius 3 is 2.89 bits per heavy atom. The fraction of sp³-hybridized carbons (Fsp3) is 0.0909. The van der Waals surface area contributed by atoms with Crippen LogP contribution in [0.15, 0.2) is 36.7 Å². The van der Waals surface area contributed by atoms with Gasteiger partial charge >= 0.3 is 5.69 Å². The van der Waals surface area contributed by atoms with Crippen molar-refractivity contribution in [2.45, 2.75) is 6.54 Å². The van der Waals surface area contributed by atoms with E-state index in [-0.39, 0.29) is 5.69 Å². The summed E-state index contributed by atoms with van der Waals surface area (Å²) < 4.78 is 1.43. The number of rotatable bonds is 4. The molecular formula is C11H10N4O3. The minimum absolute atomic E-state index is 0.0685. The number of nitrogens with two attached hydrogens (primary N) is 1. The molecule has 0 radical (unpaired) electrons. The van der Waals surface area contributed by atoms with E-state index in [1.165, 1.54) is 17.1 Å². The van der Waals surface area contributed by atoms with Gasteiger partial charge in [-0.2, -0.15) is 5.10 Å². The molecule has 0 atom stereocenters. The number of nitrogens with zero attached hydrogens (tertiary/aromatic N) is 3. The van der Waals surface area contributed by atoms with E-state index in [1.807, 2.05) is 0 Å². The summed E-state index contributed by atoms with van der Waals surface area (Å²) in [5.41, 5.74) is 6.29. The van der Waals surface area contributed by atoms with Crippen LogP contribution >= 0.6 is 0 Å². The van der Waals surface area contributed by atoms with E-state index in [9.17, 15) is 14.9 Å². The fourth-order valence-electron chi connectivity index (χ4n) is 1.54. The number of aromatic nitrogens is 2. The van der Waals surface area contributed by atoms with Crippen LogP contribution in [-0.2, 0) is 6.54 Å². The topological polar surface area (TPSA) is 104 Å². The highest BCUT2D eigenvalue weighted by molar-refractivity contribution is 5.92. The number of carbonyl (C=O) groups excluding carboxylic acids is 1. The van der Waals surface area contributed by atoms with Gasteiger partial charge in [-0.3, -0.25) is 19.6 Å². The molecule has 2 rings (SSSR count).